The first kappa shape index (κ1) is 57.6. The predicted molar refractivity (Wildman–Crippen MR) is 261 cm³/mol. The Labute approximate surface area is 375 Å². The van der Waals surface area contributed by atoms with Crippen LogP contribution in [0.4, 0.5) is 0 Å². The zero-order valence-corrected chi connectivity index (χ0v) is 39.7. The van der Waals surface area contributed by atoms with Gasteiger partial charge in [-0.1, -0.05) is 196 Å². The summed E-state index contributed by atoms with van der Waals surface area (Å²) in [7, 11) is 0. The van der Waals surface area contributed by atoms with Crippen molar-refractivity contribution >= 4 is 17.9 Å². The highest BCUT2D eigenvalue weighted by Gasteiger charge is 2.19. The molecule has 0 aromatic carbocycles. The van der Waals surface area contributed by atoms with Crippen molar-refractivity contribution in [3.63, 3.8) is 0 Å². The van der Waals surface area contributed by atoms with E-state index in [1.54, 1.807) is 0 Å². The number of allylic oxidation sites excluding steroid dienone is 14. The van der Waals surface area contributed by atoms with Crippen LogP contribution in [0.2, 0.25) is 0 Å². The molecule has 0 aromatic rings. The van der Waals surface area contributed by atoms with Gasteiger partial charge in [0.2, 0.25) is 0 Å². The van der Waals surface area contributed by atoms with E-state index in [0.717, 1.165) is 96.3 Å². The Kier molecular flexibility index (Phi) is 46.5. The molecule has 0 saturated heterocycles. The first-order valence-electron chi connectivity index (χ1n) is 25.1. The molecule has 0 bridgehead atoms. The largest absolute Gasteiger partial charge is 0.462 e. The molecule has 0 heterocycles. The van der Waals surface area contributed by atoms with Gasteiger partial charge in [-0.25, -0.2) is 0 Å². The number of rotatable bonds is 44. The molecule has 0 fully saturated rings. The highest BCUT2D eigenvalue weighted by molar-refractivity contribution is 5.71. The molecule has 0 saturated carbocycles. The number of hydrogen-bond acceptors (Lipinski definition) is 6. The molecule has 0 spiro atoms. The second-order valence-electron chi connectivity index (χ2n) is 16.4. The average molecular weight is 849 g/mol. The van der Waals surface area contributed by atoms with Gasteiger partial charge in [-0.3, -0.25) is 14.4 Å². The molecule has 6 nitrogen and oxygen atoms in total. The van der Waals surface area contributed by atoms with Crippen molar-refractivity contribution in [3.05, 3.63) is 85.1 Å². The quantitative estimate of drug-likeness (QED) is 0.0200. The van der Waals surface area contributed by atoms with Crippen molar-refractivity contribution in [2.45, 2.75) is 232 Å². The van der Waals surface area contributed by atoms with Crippen molar-refractivity contribution in [1.29, 1.82) is 0 Å². The molecule has 0 aromatic heterocycles. The number of carbonyl (C=O) groups excluding carboxylic acids is 3. The highest BCUT2D eigenvalue weighted by Crippen LogP contribution is 2.13. The standard InChI is InChI=1S/C55H92O6/c1-4-7-10-13-16-19-22-25-26-27-28-31-33-36-39-42-45-48-54(57)60-51-52(61-55(58)49-46-43-40-37-34-30-24-21-18-15-12-9-6-3)50-59-53(56)47-44-41-38-35-32-29-23-20-17-14-11-8-5-2/h9,12,15,18,21,24-26,28-29,31-32,36,39,52H,4-8,10-11,13-14,16-17,19-20,22-23,27,30,33-35,37-38,40-51H2,1-3H3/b12-9+,18-15+,24-21+,26-25+,31-28+,32-29+,39-36+. The monoisotopic (exact) mass is 849 g/mol. The second kappa shape index (κ2) is 49.2. The lowest BCUT2D eigenvalue weighted by molar-refractivity contribution is -0.167. The fourth-order valence-corrected chi connectivity index (χ4v) is 6.63. The lowest BCUT2D eigenvalue weighted by Gasteiger charge is -2.18. The molecule has 0 aliphatic carbocycles. The van der Waals surface area contributed by atoms with E-state index in [4.69, 9.17) is 14.2 Å². The van der Waals surface area contributed by atoms with Gasteiger partial charge >= 0.3 is 17.9 Å². The van der Waals surface area contributed by atoms with Gasteiger partial charge in [0, 0.05) is 19.3 Å². The maximum Gasteiger partial charge on any atom is 0.306 e. The van der Waals surface area contributed by atoms with Gasteiger partial charge in [0.1, 0.15) is 13.2 Å². The van der Waals surface area contributed by atoms with E-state index >= 15 is 0 Å². The van der Waals surface area contributed by atoms with Crippen LogP contribution in [0.1, 0.15) is 226 Å². The van der Waals surface area contributed by atoms with E-state index in [2.05, 4.69) is 106 Å². The van der Waals surface area contributed by atoms with Gasteiger partial charge in [-0.15, -0.1) is 0 Å². The van der Waals surface area contributed by atoms with Crippen LogP contribution in [0, 0.1) is 0 Å². The summed E-state index contributed by atoms with van der Waals surface area (Å²) in [6.07, 6.45) is 62.9. The fourth-order valence-electron chi connectivity index (χ4n) is 6.63. The van der Waals surface area contributed by atoms with Gasteiger partial charge in [-0.05, 0) is 96.3 Å². The van der Waals surface area contributed by atoms with E-state index in [1.807, 2.05) is 0 Å². The van der Waals surface area contributed by atoms with Crippen LogP contribution in [0.5, 0.6) is 0 Å². The van der Waals surface area contributed by atoms with E-state index in [9.17, 15) is 14.4 Å². The summed E-state index contributed by atoms with van der Waals surface area (Å²) in [6, 6.07) is 0. The first-order valence-corrected chi connectivity index (χ1v) is 25.1. The molecule has 61 heavy (non-hydrogen) atoms. The minimum absolute atomic E-state index is 0.109. The van der Waals surface area contributed by atoms with Crippen LogP contribution < -0.4 is 0 Å². The smallest absolute Gasteiger partial charge is 0.306 e. The molecule has 1 atom stereocenters. The van der Waals surface area contributed by atoms with Crippen molar-refractivity contribution in [2.75, 3.05) is 13.2 Å². The maximum absolute atomic E-state index is 12.8. The second-order valence-corrected chi connectivity index (χ2v) is 16.4. The normalized spacial score (nSPS) is 12.8. The summed E-state index contributed by atoms with van der Waals surface area (Å²) in [4.78, 5) is 37.9. The molecule has 1 unspecified atom stereocenters. The Bertz CT molecular complexity index is 1200. The van der Waals surface area contributed by atoms with Crippen LogP contribution in [-0.2, 0) is 28.6 Å². The minimum Gasteiger partial charge on any atom is -0.462 e. The van der Waals surface area contributed by atoms with Crippen LogP contribution in [-0.4, -0.2) is 37.2 Å². The van der Waals surface area contributed by atoms with Crippen molar-refractivity contribution in [2.24, 2.45) is 0 Å². The average Bonchev–Trinajstić information content (AvgIpc) is 3.26. The van der Waals surface area contributed by atoms with Gasteiger partial charge in [-0.2, -0.15) is 0 Å². The molecule has 0 rings (SSSR count). The molecule has 0 aliphatic heterocycles. The molecule has 348 valence electrons. The van der Waals surface area contributed by atoms with E-state index < -0.39 is 6.10 Å². The topological polar surface area (TPSA) is 78.9 Å². The minimum atomic E-state index is -0.812. The fraction of sp³-hybridized carbons (Fsp3) is 0.691. The summed E-state index contributed by atoms with van der Waals surface area (Å²) < 4.78 is 16.7. The molecule has 6 heteroatoms. The van der Waals surface area contributed by atoms with Gasteiger partial charge in [0.15, 0.2) is 6.10 Å². The summed E-state index contributed by atoms with van der Waals surface area (Å²) in [5.74, 6) is -1.00. The summed E-state index contributed by atoms with van der Waals surface area (Å²) >= 11 is 0. The molecule has 0 radical (unpaired) electrons. The molecule has 0 aliphatic rings. The summed E-state index contributed by atoms with van der Waals surface area (Å²) in [5, 5.41) is 0. The SMILES string of the molecule is CC/C=C/C=C/C=C/CCCCCCCC(=O)OC(COC(=O)CCC/C=C/C/C=C/C/C=C/CCCCCCCC)COC(=O)CCCCC/C=C/CCCCCCCC. The van der Waals surface area contributed by atoms with E-state index in [0.29, 0.717) is 19.3 Å². The number of carbonyl (C=O) groups is 3. The Balaban J connectivity index is 4.51. The highest BCUT2D eigenvalue weighted by atomic mass is 16.6. The number of hydrogen-bond donors (Lipinski definition) is 0. The Hall–Kier alpha value is -3.41. The van der Waals surface area contributed by atoms with Gasteiger partial charge < -0.3 is 14.2 Å². The number of ether oxygens (including phenoxy) is 3. The zero-order chi connectivity index (χ0) is 44.4. The maximum atomic E-state index is 12.8. The van der Waals surface area contributed by atoms with E-state index in [-0.39, 0.29) is 37.5 Å². The predicted octanol–water partition coefficient (Wildman–Crippen LogP) is 16.4. The lowest BCUT2D eigenvalue weighted by atomic mass is 10.1. The third-order valence-corrected chi connectivity index (χ3v) is 10.4. The van der Waals surface area contributed by atoms with Crippen LogP contribution in [0.25, 0.3) is 0 Å². The molecule has 0 amide bonds. The van der Waals surface area contributed by atoms with Crippen LogP contribution >= 0.6 is 0 Å². The Morgan fingerprint density at radius 2 is 0.721 bits per heavy atom. The van der Waals surface area contributed by atoms with Crippen LogP contribution in [0.3, 0.4) is 0 Å². The van der Waals surface area contributed by atoms with Crippen molar-refractivity contribution in [3.8, 4) is 0 Å². The van der Waals surface area contributed by atoms with Gasteiger partial charge in [0.25, 0.3) is 0 Å². The molecular formula is C55H92O6. The number of unbranched alkanes of at least 4 members (excludes halogenated alkanes) is 21. The molecular weight excluding hydrogens is 757 g/mol. The van der Waals surface area contributed by atoms with Gasteiger partial charge in [0.05, 0.1) is 0 Å². The Morgan fingerprint density at radius 3 is 1.23 bits per heavy atom. The van der Waals surface area contributed by atoms with Crippen molar-refractivity contribution in [1.82, 2.24) is 0 Å². The molecule has 0 N–H and O–H groups in total. The third kappa shape index (κ3) is 47.5. The number of esters is 3. The van der Waals surface area contributed by atoms with Crippen LogP contribution in [0.15, 0.2) is 85.1 Å². The first-order chi connectivity index (χ1) is 30.0. The third-order valence-electron chi connectivity index (χ3n) is 10.4. The zero-order valence-electron chi connectivity index (χ0n) is 39.7. The van der Waals surface area contributed by atoms with Crippen molar-refractivity contribution < 1.29 is 28.6 Å². The summed E-state index contributed by atoms with van der Waals surface area (Å²) in [6.45, 7) is 6.40. The van der Waals surface area contributed by atoms with E-state index in [1.165, 1.54) is 83.5 Å². The Morgan fingerprint density at radius 1 is 0.361 bits per heavy atom. The summed E-state index contributed by atoms with van der Waals surface area (Å²) in [5.41, 5.74) is 0. The lowest BCUT2D eigenvalue weighted by Crippen LogP contribution is -2.30.